The molecule has 0 fully saturated rings. The number of hydrogen-bond acceptors (Lipinski definition) is 2. The lowest BCUT2D eigenvalue weighted by molar-refractivity contribution is 0.403. The largest absolute Gasteiger partial charge is 0.346 e. The molecular formula is C5H8Cl3OPS. The van der Waals surface area contributed by atoms with Gasteiger partial charge in [0.1, 0.15) is 4.49 Å². The summed E-state index contributed by atoms with van der Waals surface area (Å²) in [7, 11) is 0. The average molecular weight is 254 g/mol. The highest BCUT2D eigenvalue weighted by atomic mass is 35.5. The SMILES string of the molecule is CP(C)(=S)OCC(Cl)=C(Cl)Cl. The van der Waals surface area contributed by atoms with Crippen LogP contribution in [0.15, 0.2) is 9.52 Å². The second-order valence-electron chi connectivity index (χ2n) is 2.19. The second-order valence-corrected chi connectivity index (χ2v) is 9.00. The molecule has 0 atom stereocenters. The lowest BCUT2D eigenvalue weighted by Gasteiger charge is -2.10. The van der Waals surface area contributed by atoms with E-state index < -0.39 is 6.26 Å². The first-order valence-electron chi connectivity index (χ1n) is 2.72. The molecule has 0 aromatic heterocycles. The molecule has 6 heteroatoms. The van der Waals surface area contributed by atoms with E-state index in [1.54, 1.807) is 0 Å². The van der Waals surface area contributed by atoms with Crippen LogP contribution >= 0.6 is 41.1 Å². The van der Waals surface area contributed by atoms with Gasteiger partial charge in [-0.3, -0.25) is 0 Å². The average Bonchev–Trinajstić information content (AvgIpc) is 1.80. The van der Waals surface area contributed by atoms with Crippen LogP contribution in [0.2, 0.25) is 0 Å². The lowest BCUT2D eigenvalue weighted by atomic mass is 10.7. The molecule has 0 aromatic carbocycles. The van der Waals surface area contributed by atoms with E-state index in [4.69, 9.17) is 51.1 Å². The highest BCUT2D eigenvalue weighted by Gasteiger charge is 2.05. The van der Waals surface area contributed by atoms with Gasteiger partial charge in [0.2, 0.25) is 0 Å². The van der Waals surface area contributed by atoms with Crippen LogP contribution in [0.4, 0.5) is 0 Å². The van der Waals surface area contributed by atoms with E-state index in [0.717, 1.165) is 0 Å². The van der Waals surface area contributed by atoms with E-state index in [1.807, 2.05) is 13.3 Å². The Balaban J connectivity index is 3.92. The molecule has 0 amide bonds. The van der Waals surface area contributed by atoms with Gasteiger partial charge >= 0.3 is 0 Å². The van der Waals surface area contributed by atoms with E-state index in [-0.39, 0.29) is 11.1 Å². The Labute approximate surface area is 86.7 Å². The fraction of sp³-hybridized carbons (Fsp3) is 0.600. The summed E-state index contributed by atoms with van der Waals surface area (Å²) in [5, 5.41) is 0.297. The summed E-state index contributed by atoms with van der Waals surface area (Å²) >= 11 is 21.3. The first kappa shape index (κ1) is 12.2. The smallest absolute Gasteiger partial charge is 0.123 e. The van der Waals surface area contributed by atoms with Crippen molar-refractivity contribution in [2.45, 2.75) is 0 Å². The quantitative estimate of drug-likeness (QED) is 0.712. The first-order valence-corrected chi connectivity index (χ1v) is 7.47. The summed E-state index contributed by atoms with van der Waals surface area (Å²) in [5.41, 5.74) is 0. The molecule has 0 saturated carbocycles. The summed E-state index contributed by atoms with van der Waals surface area (Å²) in [6, 6.07) is 0. The monoisotopic (exact) mass is 252 g/mol. The minimum atomic E-state index is -1.66. The molecule has 1 nitrogen and oxygen atoms in total. The van der Waals surface area contributed by atoms with Crippen LogP contribution in [0.5, 0.6) is 0 Å². The lowest BCUT2D eigenvalue weighted by Crippen LogP contribution is -1.90. The molecule has 0 saturated heterocycles. The minimum absolute atomic E-state index is 0.0371. The van der Waals surface area contributed by atoms with Gasteiger partial charge in [-0.05, 0) is 13.3 Å². The molecule has 0 unspecified atom stereocenters. The highest BCUT2D eigenvalue weighted by molar-refractivity contribution is 8.11. The molecule has 0 aromatic rings. The zero-order valence-corrected chi connectivity index (χ0v) is 10.1. The van der Waals surface area contributed by atoms with E-state index in [1.165, 1.54) is 0 Å². The Hall–Kier alpha value is 1.22. The van der Waals surface area contributed by atoms with Crippen LogP contribution in [0, 0.1) is 0 Å². The number of rotatable bonds is 3. The van der Waals surface area contributed by atoms with Crippen molar-refractivity contribution in [2.24, 2.45) is 0 Å². The fourth-order valence-corrected chi connectivity index (χ4v) is 1.10. The topological polar surface area (TPSA) is 9.23 Å². The van der Waals surface area contributed by atoms with Crippen molar-refractivity contribution in [1.29, 1.82) is 0 Å². The Morgan fingerprint density at radius 2 is 1.82 bits per heavy atom. The molecule has 66 valence electrons. The standard InChI is InChI=1S/C5H8Cl3OPS/c1-10(2,11)9-3-4(6)5(7)8/h3H2,1-2H3. The molecule has 11 heavy (non-hydrogen) atoms. The highest BCUT2D eigenvalue weighted by Crippen LogP contribution is 2.38. The predicted molar refractivity (Wildman–Crippen MR) is 56.7 cm³/mol. The van der Waals surface area contributed by atoms with Crippen molar-refractivity contribution >= 4 is 52.9 Å². The Morgan fingerprint density at radius 3 is 2.09 bits per heavy atom. The van der Waals surface area contributed by atoms with Crippen LogP contribution in [0.25, 0.3) is 0 Å². The maximum Gasteiger partial charge on any atom is 0.123 e. The molecule has 0 aliphatic carbocycles. The van der Waals surface area contributed by atoms with Crippen LogP contribution in [-0.4, -0.2) is 19.9 Å². The zero-order chi connectivity index (χ0) is 9.07. The van der Waals surface area contributed by atoms with Crippen LogP contribution < -0.4 is 0 Å². The van der Waals surface area contributed by atoms with Gasteiger partial charge in [-0.1, -0.05) is 46.6 Å². The van der Waals surface area contributed by atoms with E-state index in [0.29, 0.717) is 5.03 Å². The van der Waals surface area contributed by atoms with Crippen LogP contribution in [0.3, 0.4) is 0 Å². The summed E-state index contributed by atoms with van der Waals surface area (Å²) in [4.78, 5) is 0. The third-order valence-corrected chi connectivity index (χ3v) is 2.72. The Kier molecular flexibility index (Phi) is 5.62. The molecule has 0 aliphatic heterocycles. The van der Waals surface area contributed by atoms with Gasteiger partial charge in [0.05, 0.1) is 17.9 Å². The summed E-state index contributed by atoms with van der Waals surface area (Å²) in [6.07, 6.45) is -1.66. The van der Waals surface area contributed by atoms with E-state index >= 15 is 0 Å². The number of halogens is 3. The second kappa shape index (κ2) is 5.06. The minimum Gasteiger partial charge on any atom is -0.346 e. The zero-order valence-electron chi connectivity index (χ0n) is 6.10. The molecule has 0 rings (SSSR count). The Bertz CT molecular complexity index is 206. The van der Waals surface area contributed by atoms with Gasteiger partial charge in [0.25, 0.3) is 0 Å². The third-order valence-electron chi connectivity index (χ3n) is 0.707. The summed E-state index contributed by atoms with van der Waals surface area (Å²) in [5.74, 6) is 0. The van der Waals surface area contributed by atoms with Gasteiger partial charge in [0.15, 0.2) is 0 Å². The van der Waals surface area contributed by atoms with Gasteiger partial charge in [-0.2, -0.15) is 0 Å². The molecule has 0 radical (unpaired) electrons. The van der Waals surface area contributed by atoms with E-state index in [9.17, 15) is 0 Å². The van der Waals surface area contributed by atoms with Crippen molar-refractivity contribution < 1.29 is 4.52 Å². The summed E-state index contributed by atoms with van der Waals surface area (Å²) in [6.45, 7) is 3.91. The molecular weight excluding hydrogens is 245 g/mol. The van der Waals surface area contributed by atoms with Crippen molar-refractivity contribution in [2.75, 3.05) is 19.9 Å². The van der Waals surface area contributed by atoms with Gasteiger partial charge in [-0.25, -0.2) is 0 Å². The predicted octanol–water partition coefficient (Wildman–Crippen LogP) is 3.54. The van der Waals surface area contributed by atoms with Crippen LogP contribution in [0.1, 0.15) is 0 Å². The first-order chi connectivity index (χ1) is 4.83. The molecule has 0 spiro atoms. The van der Waals surface area contributed by atoms with Gasteiger partial charge in [-0.15, -0.1) is 0 Å². The van der Waals surface area contributed by atoms with Crippen molar-refractivity contribution in [3.63, 3.8) is 0 Å². The molecule has 0 heterocycles. The van der Waals surface area contributed by atoms with Crippen LogP contribution in [-0.2, 0) is 16.3 Å². The molecule has 0 bridgehead atoms. The maximum absolute atomic E-state index is 5.58. The maximum atomic E-state index is 5.58. The van der Waals surface area contributed by atoms with E-state index in [2.05, 4.69) is 0 Å². The van der Waals surface area contributed by atoms with Gasteiger partial charge in [0, 0.05) is 0 Å². The van der Waals surface area contributed by atoms with Gasteiger partial charge < -0.3 is 4.52 Å². The normalized spacial score (nSPS) is 11.4. The third kappa shape index (κ3) is 7.58. The number of hydrogen-bond donors (Lipinski definition) is 0. The van der Waals surface area contributed by atoms with Crippen molar-refractivity contribution in [1.82, 2.24) is 0 Å². The van der Waals surface area contributed by atoms with Crippen molar-refractivity contribution in [3.8, 4) is 0 Å². The van der Waals surface area contributed by atoms with Crippen molar-refractivity contribution in [3.05, 3.63) is 9.52 Å². The molecule has 0 N–H and O–H groups in total. The Morgan fingerprint density at radius 1 is 1.36 bits per heavy atom. The molecule has 0 aliphatic rings. The summed E-state index contributed by atoms with van der Waals surface area (Å²) < 4.78 is 5.26. The fourth-order valence-electron chi connectivity index (χ4n) is 0.267.